The number of hydrogen-bond donors (Lipinski definition) is 4. The van der Waals surface area contributed by atoms with Crippen LogP contribution in [0.25, 0.3) is 11.3 Å². The van der Waals surface area contributed by atoms with E-state index in [1.807, 2.05) is 24.5 Å². The lowest BCUT2D eigenvalue weighted by Crippen LogP contribution is -2.44. The molecule has 0 spiro atoms. The van der Waals surface area contributed by atoms with E-state index in [-0.39, 0.29) is 43.0 Å². The monoisotopic (exact) mass is 796 g/mol. The number of piperidine rings is 2. The van der Waals surface area contributed by atoms with E-state index in [1.54, 1.807) is 51.9 Å². The Bertz CT molecular complexity index is 2490. The van der Waals surface area contributed by atoms with Gasteiger partial charge in [-0.25, -0.2) is 9.97 Å². The number of nitrogens with one attached hydrogen (secondary N) is 2. The highest BCUT2D eigenvalue weighted by Crippen LogP contribution is 2.56. The van der Waals surface area contributed by atoms with Crippen molar-refractivity contribution in [2.24, 2.45) is 11.8 Å². The van der Waals surface area contributed by atoms with E-state index in [9.17, 15) is 19.8 Å². The van der Waals surface area contributed by atoms with Gasteiger partial charge in [-0.05, 0) is 106 Å². The smallest absolute Gasteiger partial charge is 0.258 e. The molecule has 0 bridgehead atoms. The van der Waals surface area contributed by atoms with Crippen molar-refractivity contribution in [3.63, 3.8) is 0 Å². The topological polar surface area (TPSA) is 191 Å². The van der Waals surface area contributed by atoms with Gasteiger partial charge in [0.2, 0.25) is 0 Å². The molecule has 4 aliphatic rings. The summed E-state index contributed by atoms with van der Waals surface area (Å²) < 4.78 is 3.46. The molecule has 304 valence electrons. The molecule has 2 saturated heterocycles. The Hall–Kier alpha value is -6.00. The van der Waals surface area contributed by atoms with E-state index in [2.05, 4.69) is 35.5 Å². The fourth-order valence-corrected chi connectivity index (χ4v) is 9.50. The highest BCUT2D eigenvalue weighted by molar-refractivity contribution is 6.04. The molecule has 8 heterocycles. The average molecular weight is 797 g/mol. The summed E-state index contributed by atoms with van der Waals surface area (Å²) in [6.45, 7) is 1.61. The van der Waals surface area contributed by atoms with Crippen molar-refractivity contribution in [2.45, 2.75) is 81.7 Å². The Morgan fingerprint density at radius 3 is 1.93 bits per heavy atom. The quantitative estimate of drug-likeness (QED) is 0.129. The number of anilines is 4. The molecule has 4 fully saturated rings. The number of amides is 2. The normalized spacial score (nSPS) is 23.1. The van der Waals surface area contributed by atoms with Crippen LogP contribution in [0.5, 0.6) is 0 Å². The number of rotatable bonds is 12. The predicted molar refractivity (Wildman–Crippen MR) is 221 cm³/mol. The first kappa shape index (κ1) is 37.3. The summed E-state index contributed by atoms with van der Waals surface area (Å²) in [5.41, 5.74) is 4.52. The molecule has 16 nitrogen and oxygen atoms in total. The van der Waals surface area contributed by atoms with Crippen molar-refractivity contribution < 1.29 is 19.8 Å². The number of hydrogen-bond acceptors (Lipinski definition) is 12. The Morgan fingerprint density at radius 2 is 1.34 bits per heavy atom. The van der Waals surface area contributed by atoms with Crippen LogP contribution in [0.15, 0.2) is 73.6 Å². The zero-order valence-electron chi connectivity index (χ0n) is 32.8. The highest BCUT2D eigenvalue weighted by Gasteiger charge is 2.48. The third-order valence-corrected chi connectivity index (χ3v) is 12.8. The lowest BCUT2D eigenvalue weighted by molar-refractivity contribution is 0.101. The molecule has 6 aromatic heterocycles. The van der Waals surface area contributed by atoms with E-state index >= 15 is 0 Å². The second kappa shape index (κ2) is 15.6. The molecule has 16 heteroatoms. The zero-order valence-corrected chi connectivity index (χ0v) is 32.8. The summed E-state index contributed by atoms with van der Waals surface area (Å²) >= 11 is 0. The Labute approximate surface area is 340 Å². The van der Waals surface area contributed by atoms with Crippen LogP contribution in [0.1, 0.15) is 101 Å². The maximum absolute atomic E-state index is 13.4. The van der Waals surface area contributed by atoms with Crippen molar-refractivity contribution >= 4 is 46.4 Å². The minimum atomic E-state index is -0.287. The highest BCUT2D eigenvalue weighted by atomic mass is 16.3. The van der Waals surface area contributed by atoms with Gasteiger partial charge >= 0.3 is 0 Å². The van der Waals surface area contributed by atoms with E-state index in [0.29, 0.717) is 52.6 Å². The van der Waals surface area contributed by atoms with Crippen LogP contribution in [-0.2, 0) is 0 Å². The van der Waals surface area contributed by atoms with Gasteiger partial charge in [0.05, 0.1) is 36.2 Å². The third kappa shape index (κ3) is 7.24. The molecule has 6 aromatic rings. The zero-order chi connectivity index (χ0) is 40.0. The minimum Gasteiger partial charge on any atom is -0.396 e. The lowest BCUT2D eigenvalue weighted by Gasteiger charge is -2.40. The molecule has 0 aromatic carbocycles. The van der Waals surface area contributed by atoms with Gasteiger partial charge in [0.1, 0.15) is 23.3 Å². The number of aliphatic hydroxyl groups is 2. The first-order valence-corrected chi connectivity index (χ1v) is 20.9. The second-order valence-corrected chi connectivity index (χ2v) is 16.5. The molecule has 0 radical (unpaired) electrons. The average Bonchev–Trinajstić information content (AvgIpc) is 4.20. The number of aromatic nitrogens is 8. The summed E-state index contributed by atoms with van der Waals surface area (Å²) in [5.74, 6) is 3.47. The van der Waals surface area contributed by atoms with Crippen LogP contribution in [0, 0.1) is 11.8 Å². The lowest BCUT2D eigenvalue weighted by atomic mass is 9.84. The summed E-state index contributed by atoms with van der Waals surface area (Å²) in [4.78, 5) is 49.8. The van der Waals surface area contributed by atoms with Gasteiger partial charge in [-0.15, -0.1) is 0 Å². The SMILES string of the molecule is O=C(Nc1cc(N2CCC(C3CC3c3cnn4c(NC(=O)c5cccnc5)cc(N5CCCCC5CO)nc34)CC2CCO)nc2c(C3CC3)cnn12)c1cccnc1. The Balaban J connectivity index is 0.924. The standard InChI is InChI=1S/C43H48N12O4/c56-16-11-30-17-27(10-15-53(30)37-20-38(50-42(58)28-5-3-12-44-21-28)54-40(48-37)34(23-46-54)26-8-9-26)32-18-33(32)35-24-47-55-39(51-43(59)29-6-4-13-45-22-29)19-36(49-41(35)55)52-14-2-1-7-31(52)25-57/h3-6,12-13,19-24,26-27,30-33,56-57H,1-2,7-11,14-18,25H2,(H,50,58)(H,51,59). The fourth-order valence-electron chi connectivity index (χ4n) is 9.50. The number of fused-ring (bicyclic) bond motifs is 2. The Morgan fingerprint density at radius 1 is 0.712 bits per heavy atom. The number of carbonyl (C=O) groups is 2. The third-order valence-electron chi connectivity index (χ3n) is 12.8. The molecule has 4 N–H and O–H groups in total. The van der Waals surface area contributed by atoms with Crippen molar-refractivity contribution in [3.8, 4) is 0 Å². The molecule has 5 atom stereocenters. The molecule has 2 amide bonds. The van der Waals surface area contributed by atoms with Gasteiger partial charge in [0.25, 0.3) is 11.8 Å². The summed E-state index contributed by atoms with van der Waals surface area (Å²) in [7, 11) is 0. The second-order valence-electron chi connectivity index (χ2n) is 16.5. The van der Waals surface area contributed by atoms with Gasteiger partial charge in [-0.2, -0.15) is 19.2 Å². The van der Waals surface area contributed by atoms with Crippen LogP contribution >= 0.6 is 0 Å². The van der Waals surface area contributed by atoms with Crippen molar-refractivity contribution in [3.05, 3.63) is 95.8 Å². The maximum atomic E-state index is 13.4. The van der Waals surface area contributed by atoms with Crippen LogP contribution in [-0.4, -0.2) is 99.6 Å². The van der Waals surface area contributed by atoms with Crippen LogP contribution < -0.4 is 20.4 Å². The predicted octanol–water partition coefficient (Wildman–Crippen LogP) is 5.07. The van der Waals surface area contributed by atoms with E-state index < -0.39 is 0 Å². The van der Waals surface area contributed by atoms with Gasteiger partial charge in [-0.3, -0.25) is 19.6 Å². The van der Waals surface area contributed by atoms with Crippen molar-refractivity contribution in [2.75, 3.05) is 46.7 Å². The van der Waals surface area contributed by atoms with Crippen LogP contribution in [0.4, 0.5) is 23.3 Å². The fraction of sp³-hybridized carbons (Fsp3) is 0.442. The Kier molecular flexibility index (Phi) is 9.88. The molecular weight excluding hydrogens is 749 g/mol. The first-order chi connectivity index (χ1) is 29.0. The number of pyridine rings is 2. The first-order valence-electron chi connectivity index (χ1n) is 20.9. The van der Waals surface area contributed by atoms with Crippen LogP contribution in [0.3, 0.4) is 0 Å². The van der Waals surface area contributed by atoms with E-state index in [1.165, 1.54) is 6.20 Å². The molecular formula is C43H48N12O4. The molecule has 5 unspecified atom stereocenters. The van der Waals surface area contributed by atoms with Gasteiger partial charge in [-0.1, -0.05) is 0 Å². The molecule has 10 rings (SSSR count). The van der Waals surface area contributed by atoms with Crippen LogP contribution in [0.2, 0.25) is 0 Å². The van der Waals surface area contributed by atoms with E-state index in [0.717, 1.165) is 92.9 Å². The largest absolute Gasteiger partial charge is 0.396 e. The maximum Gasteiger partial charge on any atom is 0.258 e. The summed E-state index contributed by atoms with van der Waals surface area (Å²) in [5, 5.41) is 36.2. The van der Waals surface area contributed by atoms with E-state index in [4.69, 9.17) is 15.1 Å². The van der Waals surface area contributed by atoms with Crippen molar-refractivity contribution in [1.82, 2.24) is 39.2 Å². The number of nitrogens with zero attached hydrogens (tertiary/aromatic N) is 10. The minimum absolute atomic E-state index is 0.0314. The van der Waals surface area contributed by atoms with Gasteiger partial charge < -0.3 is 30.6 Å². The summed E-state index contributed by atoms with van der Waals surface area (Å²) in [6.07, 6.45) is 18.7. The molecule has 2 saturated carbocycles. The summed E-state index contributed by atoms with van der Waals surface area (Å²) in [6, 6.07) is 10.7. The van der Waals surface area contributed by atoms with Gasteiger partial charge in [0, 0.05) is 73.8 Å². The van der Waals surface area contributed by atoms with Gasteiger partial charge in [0.15, 0.2) is 11.3 Å². The molecule has 59 heavy (non-hydrogen) atoms. The molecule has 2 aliphatic carbocycles. The number of aliphatic hydroxyl groups excluding tert-OH is 2. The molecule has 2 aliphatic heterocycles. The van der Waals surface area contributed by atoms with Crippen molar-refractivity contribution in [1.29, 1.82) is 0 Å². The number of carbonyl (C=O) groups excluding carboxylic acids is 2.